The molecular formula is C9H17NO2. The van der Waals surface area contributed by atoms with E-state index in [0.717, 1.165) is 19.3 Å². The first-order valence-corrected chi connectivity index (χ1v) is 4.51. The van der Waals surface area contributed by atoms with Crippen LogP contribution in [0.5, 0.6) is 0 Å². The molecular weight excluding hydrogens is 154 g/mol. The van der Waals surface area contributed by atoms with Crippen LogP contribution in [0.4, 0.5) is 0 Å². The van der Waals surface area contributed by atoms with Crippen molar-refractivity contribution in [2.24, 2.45) is 17.0 Å². The molecule has 70 valence electrons. The summed E-state index contributed by atoms with van der Waals surface area (Å²) in [7, 11) is 0. The third kappa shape index (κ3) is 1.97. The van der Waals surface area contributed by atoms with Gasteiger partial charge in [0.1, 0.15) is 0 Å². The number of aliphatic hydroxyl groups is 1. The van der Waals surface area contributed by atoms with Crippen molar-refractivity contribution >= 4 is 5.71 Å². The van der Waals surface area contributed by atoms with Crippen LogP contribution in [0, 0.1) is 11.8 Å². The quantitative estimate of drug-likeness (QED) is 0.358. The highest BCUT2D eigenvalue weighted by Crippen LogP contribution is 2.29. The van der Waals surface area contributed by atoms with E-state index in [1.165, 1.54) is 0 Å². The molecule has 2 N–H and O–H groups in total. The van der Waals surface area contributed by atoms with E-state index in [0.29, 0.717) is 11.6 Å². The number of oxime groups is 1. The number of hydrogen-bond donors (Lipinski definition) is 2. The molecule has 1 aliphatic rings. The molecule has 12 heavy (non-hydrogen) atoms. The van der Waals surface area contributed by atoms with Crippen LogP contribution in [0.25, 0.3) is 0 Å². The number of nitrogens with zero attached hydrogens (tertiary/aromatic N) is 1. The monoisotopic (exact) mass is 171 g/mol. The standard InChI is InChI=1S/C9H17NO2/c1-6-3-4-8(7(2)10-12)9(11)5-6/h6,8-9,11-12H,3-5H2,1-2H3/t6-,8-,9-/m1/s1. The van der Waals surface area contributed by atoms with E-state index < -0.39 is 0 Å². The molecule has 0 heterocycles. The molecule has 3 heteroatoms. The minimum absolute atomic E-state index is 0.0752. The Morgan fingerprint density at radius 2 is 2.08 bits per heavy atom. The van der Waals surface area contributed by atoms with Gasteiger partial charge in [-0.2, -0.15) is 0 Å². The summed E-state index contributed by atoms with van der Waals surface area (Å²) in [5.41, 5.74) is 0.661. The van der Waals surface area contributed by atoms with Gasteiger partial charge >= 0.3 is 0 Å². The molecule has 0 amide bonds. The van der Waals surface area contributed by atoms with E-state index in [4.69, 9.17) is 5.21 Å². The van der Waals surface area contributed by atoms with Crippen LogP contribution < -0.4 is 0 Å². The summed E-state index contributed by atoms with van der Waals surface area (Å²) in [4.78, 5) is 0. The lowest BCUT2D eigenvalue weighted by Crippen LogP contribution is -2.32. The minimum atomic E-state index is -0.315. The van der Waals surface area contributed by atoms with Gasteiger partial charge in [0.15, 0.2) is 0 Å². The maximum Gasteiger partial charge on any atom is 0.0624 e. The molecule has 1 saturated carbocycles. The van der Waals surface area contributed by atoms with Gasteiger partial charge in [-0.3, -0.25) is 0 Å². The Morgan fingerprint density at radius 3 is 2.58 bits per heavy atom. The summed E-state index contributed by atoms with van der Waals surface area (Å²) >= 11 is 0. The zero-order valence-corrected chi connectivity index (χ0v) is 7.70. The first kappa shape index (κ1) is 9.52. The zero-order valence-electron chi connectivity index (χ0n) is 7.70. The van der Waals surface area contributed by atoms with Gasteiger partial charge in [0.05, 0.1) is 11.8 Å². The predicted octanol–water partition coefficient (Wildman–Crippen LogP) is 1.63. The number of aliphatic hydroxyl groups excluding tert-OH is 1. The highest BCUT2D eigenvalue weighted by molar-refractivity contribution is 5.84. The second kappa shape index (κ2) is 3.90. The second-order valence-electron chi connectivity index (χ2n) is 3.83. The summed E-state index contributed by atoms with van der Waals surface area (Å²) in [5.74, 6) is 0.675. The SMILES string of the molecule is CC(=NO)[C@H]1CC[C@@H](C)C[C@H]1O. The molecule has 0 bridgehead atoms. The summed E-state index contributed by atoms with van der Waals surface area (Å²) in [6, 6.07) is 0. The van der Waals surface area contributed by atoms with Crippen molar-refractivity contribution < 1.29 is 10.3 Å². The lowest BCUT2D eigenvalue weighted by Gasteiger charge is -2.30. The Labute approximate surface area is 73.1 Å². The van der Waals surface area contributed by atoms with Gasteiger partial charge in [-0.15, -0.1) is 0 Å². The Bertz CT molecular complexity index is 179. The van der Waals surface area contributed by atoms with E-state index in [1.54, 1.807) is 6.92 Å². The fourth-order valence-electron chi connectivity index (χ4n) is 1.91. The molecule has 3 nitrogen and oxygen atoms in total. The number of hydrogen-bond acceptors (Lipinski definition) is 3. The molecule has 0 spiro atoms. The average molecular weight is 171 g/mol. The van der Waals surface area contributed by atoms with E-state index in [1.807, 2.05) is 0 Å². The van der Waals surface area contributed by atoms with Crippen LogP contribution in [0.2, 0.25) is 0 Å². The molecule has 1 aliphatic carbocycles. The van der Waals surface area contributed by atoms with Crippen molar-refractivity contribution in [2.75, 3.05) is 0 Å². The summed E-state index contributed by atoms with van der Waals surface area (Å²) in [6.07, 6.45) is 2.58. The molecule has 0 aromatic heterocycles. The van der Waals surface area contributed by atoms with Crippen LogP contribution in [-0.4, -0.2) is 22.1 Å². The zero-order chi connectivity index (χ0) is 9.14. The molecule has 1 rings (SSSR count). The fraction of sp³-hybridized carbons (Fsp3) is 0.889. The van der Waals surface area contributed by atoms with Gasteiger partial charge < -0.3 is 10.3 Å². The van der Waals surface area contributed by atoms with E-state index in [9.17, 15) is 5.11 Å². The summed E-state index contributed by atoms with van der Waals surface area (Å²) in [6.45, 7) is 3.91. The predicted molar refractivity (Wildman–Crippen MR) is 47.4 cm³/mol. The molecule has 0 aromatic rings. The second-order valence-corrected chi connectivity index (χ2v) is 3.83. The van der Waals surface area contributed by atoms with E-state index in [2.05, 4.69) is 12.1 Å². The van der Waals surface area contributed by atoms with Crippen LogP contribution in [0.3, 0.4) is 0 Å². The van der Waals surface area contributed by atoms with Crippen molar-refractivity contribution in [1.82, 2.24) is 0 Å². The third-order valence-corrected chi connectivity index (χ3v) is 2.77. The molecule has 1 fully saturated rings. The van der Waals surface area contributed by atoms with Crippen molar-refractivity contribution in [3.05, 3.63) is 0 Å². The van der Waals surface area contributed by atoms with Gasteiger partial charge in [-0.1, -0.05) is 12.1 Å². The van der Waals surface area contributed by atoms with Crippen molar-refractivity contribution in [2.45, 2.75) is 39.2 Å². The lowest BCUT2D eigenvalue weighted by molar-refractivity contribution is 0.0767. The highest BCUT2D eigenvalue weighted by atomic mass is 16.4. The maximum absolute atomic E-state index is 9.65. The molecule has 0 aromatic carbocycles. The number of rotatable bonds is 1. The molecule has 3 atom stereocenters. The van der Waals surface area contributed by atoms with Gasteiger partial charge in [0, 0.05) is 5.92 Å². The van der Waals surface area contributed by atoms with E-state index >= 15 is 0 Å². The van der Waals surface area contributed by atoms with Crippen molar-refractivity contribution in [3.8, 4) is 0 Å². The fourth-order valence-corrected chi connectivity index (χ4v) is 1.91. The molecule has 0 aliphatic heterocycles. The molecule has 0 saturated heterocycles. The molecule has 0 radical (unpaired) electrons. The van der Waals surface area contributed by atoms with Crippen LogP contribution >= 0.6 is 0 Å². The highest BCUT2D eigenvalue weighted by Gasteiger charge is 2.28. The van der Waals surface area contributed by atoms with Gasteiger partial charge in [0.2, 0.25) is 0 Å². The Balaban J connectivity index is 2.56. The summed E-state index contributed by atoms with van der Waals surface area (Å²) < 4.78 is 0. The Hall–Kier alpha value is -0.570. The van der Waals surface area contributed by atoms with Crippen LogP contribution in [0.15, 0.2) is 5.16 Å². The maximum atomic E-state index is 9.65. The minimum Gasteiger partial charge on any atom is -0.411 e. The van der Waals surface area contributed by atoms with Crippen LogP contribution in [0.1, 0.15) is 33.1 Å². The first-order chi connectivity index (χ1) is 5.65. The van der Waals surface area contributed by atoms with Crippen LogP contribution in [-0.2, 0) is 0 Å². The van der Waals surface area contributed by atoms with Gasteiger partial charge in [0.25, 0.3) is 0 Å². The molecule has 0 unspecified atom stereocenters. The first-order valence-electron chi connectivity index (χ1n) is 4.51. The smallest absolute Gasteiger partial charge is 0.0624 e. The summed E-state index contributed by atoms with van der Waals surface area (Å²) in [5, 5.41) is 21.3. The third-order valence-electron chi connectivity index (χ3n) is 2.77. The lowest BCUT2D eigenvalue weighted by atomic mass is 9.79. The van der Waals surface area contributed by atoms with E-state index in [-0.39, 0.29) is 12.0 Å². The van der Waals surface area contributed by atoms with Crippen molar-refractivity contribution in [1.29, 1.82) is 0 Å². The van der Waals surface area contributed by atoms with Crippen molar-refractivity contribution in [3.63, 3.8) is 0 Å². The topological polar surface area (TPSA) is 52.8 Å². The van der Waals surface area contributed by atoms with Gasteiger partial charge in [-0.25, -0.2) is 0 Å². The Morgan fingerprint density at radius 1 is 1.42 bits per heavy atom. The largest absolute Gasteiger partial charge is 0.411 e. The average Bonchev–Trinajstić information content (AvgIpc) is 2.03. The Kier molecular flexibility index (Phi) is 3.09. The van der Waals surface area contributed by atoms with Gasteiger partial charge in [-0.05, 0) is 32.1 Å². The normalized spacial score (nSPS) is 38.2.